The molecular formula is C32H39ClFN3O4S. The van der Waals surface area contributed by atoms with E-state index in [4.69, 9.17) is 11.6 Å². The van der Waals surface area contributed by atoms with Crippen molar-refractivity contribution in [3.63, 3.8) is 0 Å². The average molecular weight is 616 g/mol. The summed E-state index contributed by atoms with van der Waals surface area (Å²) in [6.45, 7) is 7.48. The number of nitrogens with one attached hydrogen (secondary N) is 1. The summed E-state index contributed by atoms with van der Waals surface area (Å²) in [5.74, 6) is -1.03. The quantitative estimate of drug-likeness (QED) is 0.275. The molecule has 42 heavy (non-hydrogen) atoms. The molecule has 0 heterocycles. The van der Waals surface area contributed by atoms with E-state index in [0.29, 0.717) is 21.8 Å². The molecule has 0 saturated carbocycles. The van der Waals surface area contributed by atoms with E-state index in [2.05, 4.69) is 5.32 Å². The van der Waals surface area contributed by atoms with Crippen LogP contribution in [-0.2, 0) is 32.6 Å². The summed E-state index contributed by atoms with van der Waals surface area (Å²) in [7, 11) is -3.67. The number of halogens is 2. The van der Waals surface area contributed by atoms with Crippen LogP contribution in [0.3, 0.4) is 0 Å². The number of carbonyl (C=O) groups is 2. The van der Waals surface area contributed by atoms with E-state index in [9.17, 15) is 22.4 Å². The summed E-state index contributed by atoms with van der Waals surface area (Å²) in [5.41, 5.74) is 2.08. The minimum absolute atomic E-state index is 0.0130. The Morgan fingerprint density at radius 3 is 2.19 bits per heavy atom. The van der Waals surface area contributed by atoms with Gasteiger partial charge >= 0.3 is 0 Å². The number of nitrogens with zero attached hydrogens (tertiary/aromatic N) is 2. The van der Waals surface area contributed by atoms with Gasteiger partial charge in [0.1, 0.15) is 11.9 Å². The minimum atomic E-state index is -3.67. The first kappa shape index (κ1) is 33.1. The third kappa shape index (κ3) is 9.56. The van der Waals surface area contributed by atoms with Crippen LogP contribution < -0.4 is 9.62 Å². The van der Waals surface area contributed by atoms with Gasteiger partial charge in [0.05, 0.1) is 11.9 Å². The van der Waals surface area contributed by atoms with Crippen LogP contribution in [0.5, 0.6) is 0 Å². The number of benzene rings is 3. The molecule has 0 aromatic heterocycles. The molecule has 226 valence electrons. The molecule has 0 bridgehead atoms. The van der Waals surface area contributed by atoms with Crippen LogP contribution in [0.15, 0.2) is 72.8 Å². The molecular weight excluding hydrogens is 577 g/mol. The van der Waals surface area contributed by atoms with Crippen LogP contribution in [0.1, 0.15) is 50.3 Å². The average Bonchev–Trinajstić information content (AvgIpc) is 2.90. The second-order valence-corrected chi connectivity index (χ2v) is 13.7. The Labute approximate surface area is 253 Å². The summed E-state index contributed by atoms with van der Waals surface area (Å²) in [5, 5.41) is 3.45. The summed E-state index contributed by atoms with van der Waals surface area (Å²) < 4.78 is 40.3. The molecule has 0 unspecified atom stereocenters. The summed E-state index contributed by atoms with van der Waals surface area (Å²) in [4.78, 5) is 29.1. The topological polar surface area (TPSA) is 86.8 Å². The van der Waals surface area contributed by atoms with Crippen molar-refractivity contribution in [1.82, 2.24) is 10.2 Å². The Balaban J connectivity index is 1.92. The van der Waals surface area contributed by atoms with Crippen molar-refractivity contribution in [2.24, 2.45) is 0 Å². The number of sulfonamides is 1. The lowest BCUT2D eigenvalue weighted by molar-refractivity contribution is -0.142. The van der Waals surface area contributed by atoms with Gasteiger partial charge < -0.3 is 10.2 Å². The minimum Gasteiger partial charge on any atom is -0.350 e. The van der Waals surface area contributed by atoms with E-state index in [1.165, 1.54) is 21.3 Å². The highest BCUT2D eigenvalue weighted by Crippen LogP contribution is 2.28. The summed E-state index contributed by atoms with van der Waals surface area (Å²) in [6, 6.07) is 19.4. The fourth-order valence-corrected chi connectivity index (χ4v) is 5.83. The van der Waals surface area contributed by atoms with Crippen molar-refractivity contribution in [3.05, 3.63) is 100 Å². The number of rotatable bonds is 12. The molecule has 1 atom stereocenters. The van der Waals surface area contributed by atoms with Crippen molar-refractivity contribution in [3.8, 4) is 0 Å². The van der Waals surface area contributed by atoms with Gasteiger partial charge in [-0.3, -0.25) is 13.9 Å². The van der Waals surface area contributed by atoms with Crippen molar-refractivity contribution in [2.45, 2.75) is 65.1 Å². The maximum absolute atomic E-state index is 13.9. The molecule has 2 amide bonds. The predicted octanol–water partition coefficient (Wildman–Crippen LogP) is 5.89. The van der Waals surface area contributed by atoms with E-state index in [0.717, 1.165) is 11.8 Å². The van der Waals surface area contributed by atoms with Crippen LogP contribution in [0, 0.1) is 12.7 Å². The van der Waals surface area contributed by atoms with Gasteiger partial charge in [-0.1, -0.05) is 60.1 Å². The van der Waals surface area contributed by atoms with Gasteiger partial charge in [-0.05, 0) is 75.1 Å². The lowest BCUT2D eigenvalue weighted by atomic mass is 10.00. The second-order valence-electron chi connectivity index (χ2n) is 11.4. The van der Waals surface area contributed by atoms with Gasteiger partial charge in [-0.2, -0.15) is 0 Å². The smallest absolute Gasteiger partial charge is 0.243 e. The van der Waals surface area contributed by atoms with Gasteiger partial charge in [0.2, 0.25) is 21.8 Å². The second kappa shape index (κ2) is 14.2. The summed E-state index contributed by atoms with van der Waals surface area (Å²) in [6.07, 6.45) is 1.58. The number of hydrogen-bond acceptors (Lipinski definition) is 4. The monoisotopic (exact) mass is 615 g/mol. The number of hydrogen-bond donors (Lipinski definition) is 1. The van der Waals surface area contributed by atoms with Gasteiger partial charge in [0.25, 0.3) is 0 Å². The molecule has 3 rings (SSSR count). The molecule has 3 aromatic carbocycles. The van der Waals surface area contributed by atoms with Gasteiger partial charge in [0, 0.05) is 36.5 Å². The normalized spacial score (nSPS) is 12.5. The zero-order chi connectivity index (χ0) is 31.1. The molecule has 0 aliphatic rings. The Hall–Kier alpha value is -3.43. The number of amides is 2. The fourth-order valence-electron chi connectivity index (χ4n) is 4.64. The third-order valence-electron chi connectivity index (χ3n) is 6.70. The zero-order valence-corrected chi connectivity index (χ0v) is 26.3. The number of anilines is 1. The van der Waals surface area contributed by atoms with E-state index in [-0.39, 0.29) is 44.2 Å². The Kier molecular flexibility index (Phi) is 11.2. The standard InChI is InChI=1S/C32H39ClFN3O4S/c1-23-27(33)13-9-14-28(23)37(42(5,40)41)20-10-15-30(38)36(22-25-16-18-26(34)19-17-25)29(31(39)35-32(2,3)4)21-24-11-7-6-8-12-24/h6-9,11-14,16-19,29H,10,15,20-22H2,1-5H3,(H,35,39)/t29-/m1/s1. The molecule has 10 heteroatoms. The zero-order valence-electron chi connectivity index (χ0n) is 24.7. The highest BCUT2D eigenvalue weighted by atomic mass is 35.5. The van der Waals surface area contributed by atoms with Gasteiger partial charge in [-0.25, -0.2) is 12.8 Å². The van der Waals surface area contributed by atoms with Crippen LogP contribution in [-0.4, -0.2) is 49.5 Å². The first-order valence-corrected chi connectivity index (χ1v) is 16.0. The largest absolute Gasteiger partial charge is 0.350 e. The van der Waals surface area contributed by atoms with E-state index >= 15 is 0 Å². The van der Waals surface area contributed by atoms with E-state index in [1.807, 2.05) is 51.1 Å². The predicted molar refractivity (Wildman–Crippen MR) is 166 cm³/mol. The van der Waals surface area contributed by atoms with Crippen LogP contribution in [0.2, 0.25) is 5.02 Å². The van der Waals surface area contributed by atoms with Crippen molar-refractivity contribution >= 4 is 39.1 Å². The molecule has 3 aromatic rings. The molecule has 7 nitrogen and oxygen atoms in total. The fraction of sp³-hybridized carbons (Fsp3) is 0.375. The first-order chi connectivity index (χ1) is 19.7. The molecule has 0 fully saturated rings. The van der Waals surface area contributed by atoms with Gasteiger partial charge in [-0.15, -0.1) is 0 Å². The third-order valence-corrected chi connectivity index (χ3v) is 8.28. The molecule has 0 radical (unpaired) electrons. The van der Waals surface area contributed by atoms with Crippen LogP contribution >= 0.6 is 11.6 Å². The van der Waals surface area contributed by atoms with Crippen molar-refractivity contribution in [1.29, 1.82) is 0 Å². The lowest BCUT2D eigenvalue weighted by Crippen LogP contribution is -2.54. The Morgan fingerprint density at radius 2 is 1.60 bits per heavy atom. The van der Waals surface area contributed by atoms with Crippen LogP contribution in [0.4, 0.5) is 10.1 Å². The van der Waals surface area contributed by atoms with Crippen molar-refractivity contribution in [2.75, 3.05) is 17.1 Å². The molecule has 0 aliphatic heterocycles. The Bertz CT molecular complexity index is 1480. The maximum Gasteiger partial charge on any atom is 0.243 e. The van der Waals surface area contributed by atoms with Gasteiger partial charge in [0.15, 0.2) is 0 Å². The van der Waals surface area contributed by atoms with E-state index < -0.39 is 27.4 Å². The highest BCUT2D eigenvalue weighted by molar-refractivity contribution is 7.92. The van der Waals surface area contributed by atoms with Crippen LogP contribution in [0.25, 0.3) is 0 Å². The highest BCUT2D eigenvalue weighted by Gasteiger charge is 2.32. The molecule has 0 aliphatic carbocycles. The molecule has 0 saturated heterocycles. The number of carbonyl (C=O) groups excluding carboxylic acids is 2. The molecule has 0 spiro atoms. The molecule has 1 N–H and O–H groups in total. The first-order valence-electron chi connectivity index (χ1n) is 13.8. The van der Waals surface area contributed by atoms with E-state index in [1.54, 1.807) is 37.3 Å². The lowest BCUT2D eigenvalue weighted by Gasteiger charge is -2.34. The maximum atomic E-state index is 13.9. The Morgan fingerprint density at radius 1 is 0.952 bits per heavy atom. The SMILES string of the molecule is Cc1c(Cl)cccc1N(CCCC(=O)N(Cc1ccc(F)cc1)[C@H](Cc1ccccc1)C(=O)NC(C)(C)C)S(C)(=O)=O. The summed E-state index contributed by atoms with van der Waals surface area (Å²) >= 11 is 6.25. The van der Waals surface area contributed by atoms with Crippen molar-refractivity contribution < 1.29 is 22.4 Å².